The van der Waals surface area contributed by atoms with Crippen molar-refractivity contribution in [3.63, 3.8) is 0 Å². The predicted molar refractivity (Wildman–Crippen MR) is 93.4 cm³/mol. The number of rotatable bonds is 6. The Labute approximate surface area is 143 Å². The maximum Gasteiger partial charge on any atom is 0.349 e. The average molecular weight is 343 g/mol. The summed E-state index contributed by atoms with van der Waals surface area (Å²) in [7, 11) is 1.58. The molecule has 2 aromatic heterocycles. The van der Waals surface area contributed by atoms with Gasteiger partial charge in [0.15, 0.2) is 0 Å². The van der Waals surface area contributed by atoms with Crippen molar-refractivity contribution >= 4 is 28.2 Å². The van der Waals surface area contributed by atoms with Crippen molar-refractivity contribution in [3.8, 4) is 0 Å². The standard InChI is InChI=1S/C18H17NO4S/c1-22-8-7-19(11-13-6-9-24-12-13)17(20)15-10-14-4-2-3-5-16(14)23-18(15)21/h2-6,9-10,12H,7-8,11H2,1H3. The van der Waals surface area contributed by atoms with Crippen LogP contribution in [0.2, 0.25) is 0 Å². The Bertz CT molecular complexity index is 885. The largest absolute Gasteiger partial charge is 0.422 e. The van der Waals surface area contributed by atoms with Crippen LogP contribution in [0.15, 0.2) is 56.4 Å². The topological polar surface area (TPSA) is 59.8 Å². The fraction of sp³-hybridized carbons (Fsp3) is 0.222. The van der Waals surface area contributed by atoms with E-state index in [1.165, 1.54) is 0 Å². The maximum atomic E-state index is 12.9. The third kappa shape index (κ3) is 3.55. The molecule has 0 atom stereocenters. The van der Waals surface area contributed by atoms with Gasteiger partial charge in [-0.15, -0.1) is 0 Å². The molecule has 0 aliphatic heterocycles. The second-order valence-corrected chi connectivity index (χ2v) is 6.12. The van der Waals surface area contributed by atoms with Gasteiger partial charge in [0.1, 0.15) is 11.1 Å². The van der Waals surface area contributed by atoms with Crippen molar-refractivity contribution in [3.05, 3.63) is 68.7 Å². The molecular formula is C18H17NO4S. The van der Waals surface area contributed by atoms with Gasteiger partial charge in [-0.1, -0.05) is 18.2 Å². The van der Waals surface area contributed by atoms with Crippen molar-refractivity contribution in [2.45, 2.75) is 6.54 Å². The van der Waals surface area contributed by atoms with Gasteiger partial charge in [0.05, 0.1) is 6.61 Å². The molecule has 0 saturated carbocycles. The summed E-state index contributed by atoms with van der Waals surface area (Å²) >= 11 is 1.57. The van der Waals surface area contributed by atoms with E-state index in [0.29, 0.717) is 25.3 Å². The highest BCUT2D eigenvalue weighted by molar-refractivity contribution is 7.07. The van der Waals surface area contributed by atoms with E-state index in [-0.39, 0.29) is 11.5 Å². The average Bonchev–Trinajstić information content (AvgIpc) is 3.10. The molecule has 1 aromatic carbocycles. The van der Waals surface area contributed by atoms with Gasteiger partial charge in [-0.25, -0.2) is 4.79 Å². The van der Waals surface area contributed by atoms with Gasteiger partial charge in [0.2, 0.25) is 0 Å². The number of nitrogens with zero attached hydrogens (tertiary/aromatic N) is 1. The van der Waals surface area contributed by atoms with Gasteiger partial charge in [-0.3, -0.25) is 4.79 Å². The Morgan fingerprint density at radius 1 is 1.29 bits per heavy atom. The van der Waals surface area contributed by atoms with Gasteiger partial charge >= 0.3 is 5.63 Å². The summed E-state index contributed by atoms with van der Waals surface area (Å²) in [6, 6.07) is 10.7. The van der Waals surface area contributed by atoms with Crippen LogP contribution in [0.4, 0.5) is 0 Å². The van der Waals surface area contributed by atoms with Crippen LogP contribution in [-0.2, 0) is 11.3 Å². The Morgan fingerprint density at radius 2 is 2.12 bits per heavy atom. The van der Waals surface area contributed by atoms with Gasteiger partial charge in [-0.2, -0.15) is 11.3 Å². The van der Waals surface area contributed by atoms with Crippen LogP contribution in [0, 0.1) is 0 Å². The molecule has 0 saturated heterocycles. The molecule has 0 radical (unpaired) electrons. The number of hydrogen-bond acceptors (Lipinski definition) is 5. The highest BCUT2D eigenvalue weighted by atomic mass is 32.1. The van der Waals surface area contributed by atoms with Crippen LogP contribution in [0.25, 0.3) is 11.0 Å². The van der Waals surface area contributed by atoms with E-state index >= 15 is 0 Å². The van der Waals surface area contributed by atoms with Crippen molar-refractivity contribution in [2.24, 2.45) is 0 Å². The van der Waals surface area contributed by atoms with E-state index < -0.39 is 5.63 Å². The normalized spacial score (nSPS) is 10.9. The molecule has 24 heavy (non-hydrogen) atoms. The summed E-state index contributed by atoms with van der Waals surface area (Å²) in [6.45, 7) is 1.23. The summed E-state index contributed by atoms with van der Waals surface area (Å²) in [5, 5.41) is 4.66. The molecule has 0 aliphatic rings. The van der Waals surface area contributed by atoms with Crippen LogP contribution in [0.5, 0.6) is 0 Å². The molecule has 3 aromatic rings. The molecule has 1 amide bonds. The van der Waals surface area contributed by atoms with Gasteiger partial charge in [0, 0.05) is 25.6 Å². The van der Waals surface area contributed by atoms with Crippen LogP contribution >= 0.6 is 11.3 Å². The van der Waals surface area contributed by atoms with E-state index in [2.05, 4.69) is 0 Å². The number of carbonyl (C=O) groups excluding carboxylic acids is 1. The van der Waals surface area contributed by atoms with E-state index in [4.69, 9.17) is 9.15 Å². The lowest BCUT2D eigenvalue weighted by atomic mass is 10.1. The first-order valence-corrected chi connectivity index (χ1v) is 8.45. The molecule has 124 valence electrons. The predicted octanol–water partition coefficient (Wildman–Crippen LogP) is 3.14. The van der Waals surface area contributed by atoms with Crippen molar-refractivity contribution < 1.29 is 13.9 Å². The summed E-state index contributed by atoms with van der Waals surface area (Å²) in [5.74, 6) is -0.349. The summed E-state index contributed by atoms with van der Waals surface area (Å²) in [4.78, 5) is 26.7. The number of thiophene rings is 1. The number of carbonyl (C=O) groups is 1. The molecule has 6 heteroatoms. The van der Waals surface area contributed by atoms with Gasteiger partial charge < -0.3 is 14.1 Å². The molecule has 0 spiro atoms. The lowest BCUT2D eigenvalue weighted by molar-refractivity contribution is 0.0676. The zero-order valence-electron chi connectivity index (χ0n) is 13.2. The fourth-order valence-electron chi connectivity index (χ4n) is 2.44. The number of para-hydroxylation sites is 1. The van der Waals surface area contributed by atoms with Gasteiger partial charge in [-0.05, 0) is 34.5 Å². The van der Waals surface area contributed by atoms with Crippen molar-refractivity contribution in [2.75, 3.05) is 20.3 Å². The van der Waals surface area contributed by atoms with Crippen LogP contribution in [0.1, 0.15) is 15.9 Å². The lowest BCUT2D eigenvalue weighted by Crippen LogP contribution is -2.35. The molecule has 0 N–H and O–H groups in total. The maximum absolute atomic E-state index is 12.9. The molecule has 3 rings (SSSR count). The number of hydrogen-bond donors (Lipinski definition) is 0. The quantitative estimate of drug-likeness (QED) is 0.645. The first-order chi connectivity index (χ1) is 11.7. The number of amides is 1. The van der Waals surface area contributed by atoms with Crippen LogP contribution < -0.4 is 5.63 Å². The zero-order valence-corrected chi connectivity index (χ0v) is 14.0. The Kier molecular flexibility index (Phi) is 5.08. The minimum Gasteiger partial charge on any atom is -0.422 e. The number of fused-ring (bicyclic) bond motifs is 1. The minimum absolute atomic E-state index is 0.0417. The Balaban J connectivity index is 1.93. The van der Waals surface area contributed by atoms with E-state index in [1.54, 1.807) is 41.5 Å². The molecule has 2 heterocycles. The van der Waals surface area contributed by atoms with Gasteiger partial charge in [0.25, 0.3) is 5.91 Å². The number of benzene rings is 1. The highest BCUT2D eigenvalue weighted by Gasteiger charge is 2.21. The highest BCUT2D eigenvalue weighted by Crippen LogP contribution is 2.16. The molecule has 5 nitrogen and oxygen atoms in total. The lowest BCUT2D eigenvalue weighted by Gasteiger charge is -2.21. The first kappa shape index (κ1) is 16.4. The van der Waals surface area contributed by atoms with E-state index in [9.17, 15) is 9.59 Å². The second-order valence-electron chi connectivity index (χ2n) is 5.34. The summed E-state index contributed by atoms with van der Waals surface area (Å²) in [5.41, 5.74) is 0.918. The number of methoxy groups -OCH3 is 1. The van der Waals surface area contributed by atoms with Crippen molar-refractivity contribution in [1.82, 2.24) is 4.90 Å². The molecule has 0 aliphatic carbocycles. The zero-order chi connectivity index (χ0) is 16.9. The Hall–Kier alpha value is -2.44. The van der Waals surface area contributed by atoms with E-state index in [1.807, 2.05) is 29.0 Å². The summed E-state index contributed by atoms with van der Waals surface area (Å²) < 4.78 is 10.4. The second kappa shape index (κ2) is 7.42. The third-order valence-electron chi connectivity index (χ3n) is 3.68. The molecule has 0 bridgehead atoms. The molecule has 0 unspecified atom stereocenters. The SMILES string of the molecule is COCCN(Cc1ccsc1)C(=O)c1cc2ccccc2oc1=O. The van der Waals surface area contributed by atoms with Crippen LogP contribution in [-0.4, -0.2) is 31.1 Å². The van der Waals surface area contributed by atoms with Crippen LogP contribution in [0.3, 0.4) is 0 Å². The fourth-order valence-corrected chi connectivity index (χ4v) is 3.10. The third-order valence-corrected chi connectivity index (χ3v) is 4.41. The van der Waals surface area contributed by atoms with E-state index in [0.717, 1.165) is 10.9 Å². The smallest absolute Gasteiger partial charge is 0.349 e. The minimum atomic E-state index is -0.619. The summed E-state index contributed by atoms with van der Waals surface area (Å²) in [6.07, 6.45) is 0. The molecular weight excluding hydrogens is 326 g/mol. The Morgan fingerprint density at radius 3 is 2.88 bits per heavy atom. The van der Waals surface area contributed by atoms with Crippen molar-refractivity contribution in [1.29, 1.82) is 0 Å². The molecule has 0 fully saturated rings. The number of ether oxygens (including phenoxy) is 1. The first-order valence-electron chi connectivity index (χ1n) is 7.51. The monoisotopic (exact) mass is 343 g/mol.